The number of carbonyl (C=O) groups is 1. The molecular formula is C23H36O2. The zero-order valence-corrected chi connectivity index (χ0v) is 16.9. The van der Waals surface area contributed by atoms with E-state index in [-0.39, 0.29) is 5.41 Å². The number of rotatable bonds is 2. The number of hydrogen-bond donors (Lipinski definition) is 0. The minimum absolute atomic E-state index is 0.251. The Bertz CT molecular complexity index is 607. The highest BCUT2D eigenvalue weighted by molar-refractivity contribution is 5.79. The van der Waals surface area contributed by atoms with E-state index in [1.165, 1.54) is 38.5 Å². The van der Waals surface area contributed by atoms with Gasteiger partial charge in [0.2, 0.25) is 0 Å². The average molecular weight is 345 g/mol. The minimum atomic E-state index is 0.251. The third-order valence-electron chi connectivity index (χ3n) is 9.72. The first kappa shape index (κ1) is 17.8. The van der Waals surface area contributed by atoms with Crippen LogP contribution in [0.5, 0.6) is 0 Å². The van der Waals surface area contributed by atoms with E-state index in [1.54, 1.807) is 5.57 Å². The Kier molecular flexibility index (Phi) is 4.04. The second kappa shape index (κ2) is 5.68. The highest BCUT2D eigenvalue weighted by Crippen LogP contribution is 2.71. The topological polar surface area (TPSA) is 26.3 Å². The number of fused-ring (bicyclic) bond motifs is 5. The molecule has 3 saturated carbocycles. The molecule has 0 aromatic carbocycles. The van der Waals surface area contributed by atoms with Gasteiger partial charge in [-0.25, -0.2) is 0 Å². The van der Waals surface area contributed by atoms with Crippen LogP contribution in [0.15, 0.2) is 11.6 Å². The maximum Gasteiger partial charge on any atom is 0.133 e. The standard InChI is InChI=1S/C23H36O2/c1-15(24)18-8-9-19-20-7-6-16-14-17(25-5)10-11-22(16,3)23(20,4)13-12-21(18,19)2/h6,17-20H,7-14H2,1-5H3. The average Bonchev–Trinajstić information content (AvgIpc) is 2.93. The lowest BCUT2D eigenvalue weighted by molar-refractivity contribution is -0.136. The maximum absolute atomic E-state index is 12.3. The molecule has 4 aliphatic carbocycles. The lowest BCUT2D eigenvalue weighted by Gasteiger charge is -2.64. The van der Waals surface area contributed by atoms with Gasteiger partial charge in [-0.3, -0.25) is 4.79 Å². The van der Waals surface area contributed by atoms with Crippen LogP contribution in [0.4, 0.5) is 0 Å². The van der Waals surface area contributed by atoms with E-state index in [0.29, 0.717) is 28.6 Å². The molecule has 4 aliphatic rings. The smallest absolute Gasteiger partial charge is 0.133 e. The Morgan fingerprint density at radius 3 is 2.52 bits per heavy atom. The molecule has 0 aromatic rings. The van der Waals surface area contributed by atoms with Crippen LogP contribution in [0.25, 0.3) is 0 Å². The van der Waals surface area contributed by atoms with Crippen LogP contribution in [0.1, 0.15) is 79.1 Å². The first-order valence-corrected chi connectivity index (χ1v) is 10.5. The summed E-state index contributed by atoms with van der Waals surface area (Å²) in [6, 6.07) is 0. The summed E-state index contributed by atoms with van der Waals surface area (Å²) in [5, 5.41) is 0. The highest BCUT2D eigenvalue weighted by Gasteiger charge is 2.64. The minimum Gasteiger partial charge on any atom is -0.381 e. The van der Waals surface area contributed by atoms with E-state index in [1.807, 2.05) is 14.0 Å². The van der Waals surface area contributed by atoms with E-state index in [9.17, 15) is 4.79 Å². The summed E-state index contributed by atoms with van der Waals surface area (Å²) in [5.74, 6) is 2.23. The molecule has 0 aromatic heterocycles. The van der Waals surface area contributed by atoms with Crippen molar-refractivity contribution < 1.29 is 9.53 Å². The van der Waals surface area contributed by atoms with Crippen molar-refractivity contribution in [2.75, 3.05) is 7.11 Å². The Morgan fingerprint density at radius 1 is 1.08 bits per heavy atom. The number of carbonyl (C=O) groups excluding carboxylic acids is 1. The highest BCUT2D eigenvalue weighted by atomic mass is 16.5. The predicted octanol–water partition coefficient (Wildman–Crippen LogP) is 5.56. The molecule has 25 heavy (non-hydrogen) atoms. The number of ketones is 1. The van der Waals surface area contributed by atoms with Crippen LogP contribution in [-0.4, -0.2) is 19.0 Å². The number of ether oxygens (including phenoxy) is 1. The van der Waals surface area contributed by atoms with Gasteiger partial charge in [-0.15, -0.1) is 0 Å². The van der Waals surface area contributed by atoms with Crippen molar-refractivity contribution >= 4 is 5.78 Å². The lowest BCUT2D eigenvalue weighted by atomic mass is 9.40. The van der Waals surface area contributed by atoms with Gasteiger partial charge in [0.15, 0.2) is 0 Å². The Morgan fingerprint density at radius 2 is 1.84 bits per heavy atom. The fraction of sp³-hybridized carbons (Fsp3) is 0.870. The van der Waals surface area contributed by atoms with Gasteiger partial charge in [-0.05, 0) is 86.4 Å². The predicted molar refractivity (Wildman–Crippen MR) is 101 cm³/mol. The zero-order chi connectivity index (χ0) is 18.0. The van der Waals surface area contributed by atoms with E-state index in [0.717, 1.165) is 24.7 Å². The molecule has 0 aliphatic heterocycles. The van der Waals surface area contributed by atoms with Crippen LogP contribution in [0.3, 0.4) is 0 Å². The number of hydrogen-bond acceptors (Lipinski definition) is 2. The van der Waals surface area contributed by atoms with Crippen molar-refractivity contribution in [2.45, 2.75) is 85.2 Å². The van der Waals surface area contributed by atoms with Crippen molar-refractivity contribution in [3.63, 3.8) is 0 Å². The third kappa shape index (κ3) is 2.22. The second-order valence-corrected chi connectivity index (χ2v) is 10.3. The molecule has 0 saturated heterocycles. The maximum atomic E-state index is 12.3. The summed E-state index contributed by atoms with van der Waals surface area (Å²) in [4.78, 5) is 12.3. The summed E-state index contributed by atoms with van der Waals surface area (Å²) in [7, 11) is 1.87. The molecule has 0 spiro atoms. The third-order valence-corrected chi connectivity index (χ3v) is 9.72. The van der Waals surface area contributed by atoms with Crippen molar-refractivity contribution in [2.24, 2.45) is 34.0 Å². The van der Waals surface area contributed by atoms with Crippen LogP contribution in [-0.2, 0) is 9.53 Å². The monoisotopic (exact) mass is 344 g/mol. The molecule has 0 N–H and O–H groups in total. The molecule has 140 valence electrons. The van der Waals surface area contributed by atoms with Crippen molar-refractivity contribution in [1.29, 1.82) is 0 Å². The molecule has 2 nitrogen and oxygen atoms in total. The molecule has 7 unspecified atom stereocenters. The van der Waals surface area contributed by atoms with Gasteiger partial charge in [0.05, 0.1) is 6.10 Å². The summed E-state index contributed by atoms with van der Waals surface area (Å²) in [5.41, 5.74) is 2.65. The van der Waals surface area contributed by atoms with Crippen molar-refractivity contribution in [3.05, 3.63) is 11.6 Å². The largest absolute Gasteiger partial charge is 0.381 e. The van der Waals surface area contributed by atoms with Crippen LogP contribution in [0, 0.1) is 34.0 Å². The first-order chi connectivity index (χ1) is 11.8. The molecule has 3 fully saturated rings. The van der Waals surface area contributed by atoms with E-state index in [2.05, 4.69) is 26.8 Å². The summed E-state index contributed by atoms with van der Waals surface area (Å²) in [6.07, 6.45) is 12.8. The molecule has 0 heterocycles. The molecular weight excluding hydrogens is 308 g/mol. The molecule has 0 radical (unpaired) electrons. The van der Waals surface area contributed by atoms with Gasteiger partial charge in [0.25, 0.3) is 0 Å². The van der Waals surface area contributed by atoms with Crippen molar-refractivity contribution in [1.82, 2.24) is 0 Å². The number of allylic oxidation sites excluding steroid dienone is 1. The second-order valence-electron chi connectivity index (χ2n) is 10.3. The van der Waals surface area contributed by atoms with Crippen LogP contribution in [0.2, 0.25) is 0 Å². The van der Waals surface area contributed by atoms with Gasteiger partial charge in [0, 0.05) is 13.0 Å². The Balaban J connectivity index is 1.70. The van der Waals surface area contributed by atoms with Gasteiger partial charge >= 0.3 is 0 Å². The number of methoxy groups -OCH3 is 1. The van der Waals surface area contributed by atoms with Gasteiger partial charge in [-0.1, -0.05) is 32.4 Å². The molecule has 4 rings (SSSR count). The molecule has 0 bridgehead atoms. The van der Waals surface area contributed by atoms with Crippen LogP contribution >= 0.6 is 0 Å². The summed E-state index contributed by atoms with van der Waals surface area (Å²) < 4.78 is 5.70. The molecule has 0 amide bonds. The SMILES string of the molecule is COC1CCC2(C)C(=CCC3C4CCC(C(C)=O)C4(C)CCC32C)C1. The van der Waals surface area contributed by atoms with Gasteiger partial charge in [0.1, 0.15) is 5.78 Å². The van der Waals surface area contributed by atoms with Gasteiger partial charge < -0.3 is 4.74 Å². The first-order valence-electron chi connectivity index (χ1n) is 10.5. The normalized spacial score (nSPS) is 52.0. The summed E-state index contributed by atoms with van der Waals surface area (Å²) >= 11 is 0. The fourth-order valence-electron chi connectivity index (χ4n) is 7.83. The fourth-order valence-corrected chi connectivity index (χ4v) is 7.83. The lowest BCUT2D eigenvalue weighted by Crippen LogP contribution is -2.57. The van der Waals surface area contributed by atoms with E-state index in [4.69, 9.17) is 4.74 Å². The zero-order valence-electron chi connectivity index (χ0n) is 16.9. The van der Waals surface area contributed by atoms with Crippen LogP contribution < -0.4 is 0 Å². The summed E-state index contributed by atoms with van der Waals surface area (Å²) in [6.45, 7) is 9.42. The van der Waals surface area contributed by atoms with Crippen molar-refractivity contribution in [3.8, 4) is 0 Å². The van der Waals surface area contributed by atoms with E-state index >= 15 is 0 Å². The molecule has 7 atom stereocenters. The van der Waals surface area contributed by atoms with Gasteiger partial charge in [-0.2, -0.15) is 0 Å². The Hall–Kier alpha value is -0.630. The quantitative estimate of drug-likeness (QED) is 0.613. The van der Waals surface area contributed by atoms with E-state index < -0.39 is 0 Å². The number of Topliss-reactive ketones (excluding diaryl/α,β-unsaturated/α-hetero) is 1. The molecule has 2 heteroatoms. The Labute approximate surface area is 153 Å².